The van der Waals surface area contributed by atoms with Crippen LogP contribution in [-0.4, -0.2) is 37.9 Å². The van der Waals surface area contributed by atoms with E-state index in [-0.39, 0.29) is 23.7 Å². The predicted molar refractivity (Wildman–Crippen MR) is 86.9 cm³/mol. The molecule has 1 aromatic rings. The van der Waals surface area contributed by atoms with Crippen molar-refractivity contribution >= 4 is 16.0 Å². The van der Waals surface area contributed by atoms with E-state index in [0.717, 1.165) is 11.6 Å². The van der Waals surface area contributed by atoms with Gasteiger partial charge in [-0.15, -0.1) is 0 Å². The number of nitrogens with zero attached hydrogens (tertiary/aromatic N) is 1. The van der Waals surface area contributed by atoms with Crippen LogP contribution in [0.4, 0.5) is 0 Å². The summed E-state index contributed by atoms with van der Waals surface area (Å²) in [6, 6.07) is 5.91. The molecule has 1 aliphatic rings. The van der Waals surface area contributed by atoms with Crippen molar-refractivity contribution in [1.82, 2.24) is 4.31 Å². The molecule has 0 aromatic heterocycles. The van der Waals surface area contributed by atoms with Gasteiger partial charge in [-0.25, -0.2) is 13.2 Å². The van der Waals surface area contributed by atoms with Crippen LogP contribution in [0.1, 0.15) is 12.5 Å². The van der Waals surface area contributed by atoms with Gasteiger partial charge in [-0.3, -0.25) is 0 Å². The highest BCUT2D eigenvalue weighted by atomic mass is 32.2. The number of nitrogens with two attached hydrogens (primary N) is 1. The Balaban J connectivity index is 2.28. The molecular formula is C16H20N2O4S. The van der Waals surface area contributed by atoms with Crippen LogP contribution in [-0.2, 0) is 19.6 Å². The van der Waals surface area contributed by atoms with Crippen LogP contribution in [0.5, 0.6) is 0 Å². The molecule has 0 saturated heterocycles. The number of hydrogen-bond donors (Lipinski definition) is 1. The summed E-state index contributed by atoms with van der Waals surface area (Å²) in [5.41, 5.74) is 7.01. The molecule has 6 nitrogen and oxygen atoms in total. The second kappa shape index (κ2) is 6.97. The molecule has 0 saturated carbocycles. The average molecular weight is 336 g/mol. The standard InChI is InChI=1S/C16H20N2O4S/c1-3-22-16(19)11-14(17)15-5-4-10-18(15)23(20,21)13-8-6-12(2)7-9-13/h4-9,11,15H,3,10,17H2,1-2H3/b14-11-. The minimum atomic E-state index is -3.70. The summed E-state index contributed by atoms with van der Waals surface area (Å²) in [7, 11) is -3.70. The van der Waals surface area contributed by atoms with Crippen molar-refractivity contribution < 1.29 is 17.9 Å². The number of benzene rings is 1. The fourth-order valence-corrected chi connectivity index (χ4v) is 3.80. The zero-order chi connectivity index (χ0) is 17.0. The van der Waals surface area contributed by atoms with Crippen molar-refractivity contribution in [1.29, 1.82) is 0 Å². The predicted octanol–water partition coefficient (Wildman–Crippen LogP) is 1.33. The molecule has 0 bridgehead atoms. The SMILES string of the molecule is CCOC(=O)/C=C(\N)C1C=CCN1S(=O)(=O)c1ccc(C)cc1. The monoisotopic (exact) mass is 336 g/mol. The van der Waals surface area contributed by atoms with E-state index in [9.17, 15) is 13.2 Å². The van der Waals surface area contributed by atoms with Gasteiger partial charge in [0.05, 0.1) is 17.5 Å². The van der Waals surface area contributed by atoms with Gasteiger partial charge in [0.25, 0.3) is 0 Å². The third kappa shape index (κ3) is 3.80. The van der Waals surface area contributed by atoms with Gasteiger partial charge in [-0.2, -0.15) is 4.31 Å². The number of rotatable bonds is 5. The summed E-state index contributed by atoms with van der Waals surface area (Å²) in [6.07, 6.45) is 4.50. The molecule has 2 N–H and O–H groups in total. The van der Waals surface area contributed by atoms with Crippen molar-refractivity contribution in [2.24, 2.45) is 5.73 Å². The van der Waals surface area contributed by atoms with Gasteiger partial charge in [-0.1, -0.05) is 29.8 Å². The van der Waals surface area contributed by atoms with Crippen LogP contribution in [0.25, 0.3) is 0 Å². The fourth-order valence-electron chi connectivity index (χ4n) is 2.28. The van der Waals surface area contributed by atoms with E-state index >= 15 is 0 Å². The Bertz CT molecular complexity index is 736. The Hall–Kier alpha value is -2.12. The lowest BCUT2D eigenvalue weighted by Crippen LogP contribution is -2.39. The highest BCUT2D eigenvalue weighted by molar-refractivity contribution is 7.89. The Morgan fingerprint density at radius 2 is 2.04 bits per heavy atom. The molecule has 7 heteroatoms. The van der Waals surface area contributed by atoms with E-state index in [0.29, 0.717) is 0 Å². The third-order valence-corrected chi connectivity index (χ3v) is 5.32. The zero-order valence-corrected chi connectivity index (χ0v) is 13.9. The van der Waals surface area contributed by atoms with E-state index in [1.54, 1.807) is 43.3 Å². The first-order chi connectivity index (χ1) is 10.9. The maximum absolute atomic E-state index is 12.8. The highest BCUT2D eigenvalue weighted by Gasteiger charge is 2.33. The van der Waals surface area contributed by atoms with Gasteiger partial charge in [-0.05, 0) is 26.0 Å². The Morgan fingerprint density at radius 1 is 1.39 bits per heavy atom. The minimum absolute atomic E-state index is 0.132. The molecule has 1 unspecified atom stereocenters. The molecule has 1 aliphatic heterocycles. The van der Waals surface area contributed by atoms with Gasteiger partial charge < -0.3 is 10.5 Å². The molecule has 23 heavy (non-hydrogen) atoms. The molecule has 0 aliphatic carbocycles. The smallest absolute Gasteiger partial charge is 0.332 e. The minimum Gasteiger partial charge on any atom is -0.463 e. The first-order valence-electron chi connectivity index (χ1n) is 7.25. The maximum Gasteiger partial charge on any atom is 0.332 e. The lowest BCUT2D eigenvalue weighted by atomic mass is 10.2. The Kier molecular flexibility index (Phi) is 5.23. The lowest BCUT2D eigenvalue weighted by Gasteiger charge is -2.24. The largest absolute Gasteiger partial charge is 0.463 e. The van der Waals surface area contributed by atoms with Crippen LogP contribution in [0, 0.1) is 6.92 Å². The van der Waals surface area contributed by atoms with E-state index in [2.05, 4.69) is 0 Å². The highest BCUT2D eigenvalue weighted by Crippen LogP contribution is 2.24. The number of sulfonamides is 1. The van der Waals surface area contributed by atoms with Gasteiger partial charge in [0.2, 0.25) is 10.0 Å². The number of ether oxygens (including phenoxy) is 1. The van der Waals surface area contributed by atoms with Crippen LogP contribution in [0.2, 0.25) is 0 Å². The summed E-state index contributed by atoms with van der Waals surface area (Å²) in [6.45, 7) is 4.01. The van der Waals surface area contributed by atoms with Crippen molar-refractivity contribution in [3.8, 4) is 0 Å². The fraction of sp³-hybridized carbons (Fsp3) is 0.312. The van der Waals surface area contributed by atoms with Crippen molar-refractivity contribution in [2.45, 2.75) is 24.8 Å². The van der Waals surface area contributed by atoms with E-state index < -0.39 is 22.0 Å². The topological polar surface area (TPSA) is 89.7 Å². The van der Waals surface area contributed by atoms with Crippen LogP contribution >= 0.6 is 0 Å². The van der Waals surface area contributed by atoms with Gasteiger partial charge in [0.15, 0.2) is 0 Å². The summed E-state index contributed by atoms with van der Waals surface area (Å²) in [4.78, 5) is 11.7. The molecule has 0 amide bonds. The molecule has 0 radical (unpaired) electrons. The average Bonchev–Trinajstić information content (AvgIpc) is 2.98. The van der Waals surface area contributed by atoms with Crippen molar-refractivity contribution in [3.63, 3.8) is 0 Å². The quantitative estimate of drug-likeness (QED) is 0.498. The van der Waals surface area contributed by atoms with E-state index in [1.807, 2.05) is 6.92 Å². The number of aryl methyl sites for hydroxylation is 1. The molecule has 1 atom stereocenters. The van der Waals surface area contributed by atoms with Crippen LogP contribution in [0.15, 0.2) is 53.1 Å². The van der Waals surface area contributed by atoms with Gasteiger partial charge in [0.1, 0.15) is 0 Å². The van der Waals surface area contributed by atoms with E-state index in [1.165, 1.54) is 4.31 Å². The second-order valence-electron chi connectivity index (χ2n) is 5.16. The van der Waals surface area contributed by atoms with Crippen molar-refractivity contribution in [3.05, 3.63) is 53.8 Å². The molecule has 1 aromatic carbocycles. The van der Waals surface area contributed by atoms with Crippen LogP contribution in [0.3, 0.4) is 0 Å². The molecule has 0 fully saturated rings. The summed E-state index contributed by atoms with van der Waals surface area (Å²) in [5, 5.41) is 0. The van der Waals surface area contributed by atoms with Gasteiger partial charge in [0, 0.05) is 18.3 Å². The zero-order valence-electron chi connectivity index (χ0n) is 13.1. The van der Waals surface area contributed by atoms with Crippen molar-refractivity contribution in [2.75, 3.05) is 13.2 Å². The Labute approximate surface area is 136 Å². The molecule has 2 rings (SSSR count). The molecule has 1 heterocycles. The number of hydrogen-bond acceptors (Lipinski definition) is 5. The maximum atomic E-state index is 12.8. The normalized spacial score (nSPS) is 19.0. The summed E-state index contributed by atoms with van der Waals surface area (Å²) in [5.74, 6) is -0.585. The van der Waals surface area contributed by atoms with Gasteiger partial charge >= 0.3 is 5.97 Å². The van der Waals surface area contributed by atoms with Crippen LogP contribution < -0.4 is 5.73 Å². The third-order valence-electron chi connectivity index (χ3n) is 3.45. The molecule has 124 valence electrons. The number of esters is 1. The Morgan fingerprint density at radius 3 is 2.65 bits per heavy atom. The number of carbonyl (C=O) groups is 1. The summed E-state index contributed by atoms with van der Waals surface area (Å²) >= 11 is 0. The summed E-state index contributed by atoms with van der Waals surface area (Å²) < 4.78 is 31.6. The first kappa shape index (κ1) is 17.2. The van der Waals surface area contributed by atoms with E-state index in [4.69, 9.17) is 10.5 Å². The lowest BCUT2D eigenvalue weighted by molar-refractivity contribution is -0.137. The molecular weight excluding hydrogens is 316 g/mol. The molecule has 0 spiro atoms. The first-order valence-corrected chi connectivity index (χ1v) is 8.69. The second-order valence-corrected chi connectivity index (χ2v) is 7.05. The number of carbonyl (C=O) groups excluding carboxylic acids is 1.